The Morgan fingerprint density at radius 1 is 1.05 bits per heavy atom. The van der Waals surface area contributed by atoms with E-state index >= 15 is 0 Å². The van der Waals surface area contributed by atoms with E-state index in [1.165, 1.54) is 4.90 Å². The molecule has 2 aromatic carbocycles. The number of para-hydroxylation sites is 2. The molecule has 3 aromatic rings. The molecule has 0 spiro atoms. The van der Waals surface area contributed by atoms with Crippen molar-refractivity contribution in [2.24, 2.45) is 0 Å². The van der Waals surface area contributed by atoms with Crippen molar-refractivity contribution in [1.29, 1.82) is 0 Å². The molecule has 13 heteroatoms. The fourth-order valence-electron chi connectivity index (χ4n) is 4.06. The maximum atomic E-state index is 12.9. The third kappa shape index (κ3) is 8.92. The fourth-order valence-corrected chi connectivity index (χ4v) is 4.06. The predicted octanol–water partition coefficient (Wildman–Crippen LogP) is 0.173. The van der Waals surface area contributed by atoms with Gasteiger partial charge in [0.15, 0.2) is 0 Å². The lowest BCUT2D eigenvalue weighted by Gasteiger charge is -2.19. The Hall–Kier alpha value is -5.66. The van der Waals surface area contributed by atoms with Crippen LogP contribution in [0.3, 0.4) is 0 Å². The molecule has 0 aliphatic carbocycles. The minimum absolute atomic E-state index is 0.0214. The number of ether oxygens (including phenoxy) is 2. The molecule has 0 radical (unpaired) electrons. The molecule has 0 saturated heterocycles. The summed E-state index contributed by atoms with van der Waals surface area (Å²) < 4.78 is 11.1. The summed E-state index contributed by atoms with van der Waals surface area (Å²) >= 11 is 0. The first-order valence-electron chi connectivity index (χ1n) is 13.7. The first-order valence-corrected chi connectivity index (χ1v) is 13.7. The summed E-state index contributed by atoms with van der Waals surface area (Å²) in [4.78, 5) is 54.6. The number of rotatable bonds is 10. The number of amides is 4. The van der Waals surface area contributed by atoms with Crippen LogP contribution in [0.4, 0.5) is 5.69 Å². The second kappa shape index (κ2) is 15.5. The highest BCUT2D eigenvalue weighted by molar-refractivity contribution is 6.02. The zero-order valence-corrected chi connectivity index (χ0v) is 24.2. The van der Waals surface area contributed by atoms with Crippen LogP contribution < -0.4 is 25.6 Å². The van der Waals surface area contributed by atoms with Crippen LogP contribution in [0.5, 0.6) is 5.75 Å². The Kier molecular flexibility index (Phi) is 11.0. The lowest BCUT2D eigenvalue weighted by atomic mass is 10.1. The highest BCUT2D eigenvalue weighted by Crippen LogP contribution is 2.29. The number of carbonyl (C=O) groups is 4. The number of hydrogen-bond donors (Lipinski definition) is 4. The second-order valence-corrected chi connectivity index (χ2v) is 9.43. The molecule has 13 nitrogen and oxygen atoms in total. The van der Waals surface area contributed by atoms with Crippen molar-refractivity contribution < 1.29 is 28.7 Å². The molecule has 2 heterocycles. The van der Waals surface area contributed by atoms with Gasteiger partial charge in [-0.3, -0.25) is 24.3 Å². The molecular weight excluding hydrogens is 566 g/mol. The zero-order valence-electron chi connectivity index (χ0n) is 24.2. The van der Waals surface area contributed by atoms with Gasteiger partial charge in [-0.05, 0) is 42.7 Å². The Labute approximate surface area is 254 Å². The molecule has 0 saturated carbocycles. The number of aromatic amines is 1. The van der Waals surface area contributed by atoms with E-state index in [0.29, 0.717) is 42.4 Å². The average molecular weight is 598 g/mol. The van der Waals surface area contributed by atoms with Crippen LogP contribution in [0.15, 0.2) is 48.5 Å². The molecule has 4 amide bonds. The first-order chi connectivity index (χ1) is 21.3. The third-order valence-corrected chi connectivity index (χ3v) is 6.25. The zero-order chi connectivity index (χ0) is 31.3. The summed E-state index contributed by atoms with van der Waals surface area (Å²) in [5.74, 6) is 9.41. The molecular formula is C31H31N7O6. The van der Waals surface area contributed by atoms with Crippen LogP contribution in [0.2, 0.25) is 0 Å². The third-order valence-electron chi connectivity index (χ3n) is 6.25. The van der Waals surface area contributed by atoms with Crippen molar-refractivity contribution in [2.75, 3.05) is 44.9 Å². The standard InChI is InChI=1S/C31H31N7O6/c1-3-6-27(39)32-15-17-43-18-16-33-28(40)14-13-21-9-11-22(12-10-21)19-26-35-29(37-36-26)30(41)34-23-20-44-25-8-5-4-7-24(25)38(2)31(23)42/h4-5,7-12,23H,15-20H2,1-2H3,(H,32,39)(H,33,40)(H,34,41)(H,35,36,37)/t23-/m0/s1. The molecule has 1 atom stereocenters. The number of nitrogens with zero attached hydrogens (tertiary/aromatic N) is 3. The van der Waals surface area contributed by atoms with Gasteiger partial charge in [-0.25, -0.2) is 4.98 Å². The fraction of sp³-hybridized carbons (Fsp3) is 0.290. The van der Waals surface area contributed by atoms with Crippen LogP contribution in [-0.2, 0) is 25.5 Å². The minimum atomic E-state index is -0.905. The van der Waals surface area contributed by atoms with Crippen LogP contribution in [-0.4, -0.2) is 84.8 Å². The van der Waals surface area contributed by atoms with E-state index in [4.69, 9.17) is 9.47 Å². The van der Waals surface area contributed by atoms with Gasteiger partial charge in [0.05, 0.1) is 18.9 Å². The van der Waals surface area contributed by atoms with Gasteiger partial charge >= 0.3 is 0 Å². The smallest absolute Gasteiger partial charge is 0.296 e. The van der Waals surface area contributed by atoms with Crippen molar-refractivity contribution in [1.82, 2.24) is 31.1 Å². The molecule has 0 unspecified atom stereocenters. The highest BCUT2D eigenvalue weighted by Gasteiger charge is 2.31. The summed E-state index contributed by atoms with van der Waals surface area (Å²) in [6, 6.07) is 13.4. The van der Waals surface area contributed by atoms with Gasteiger partial charge in [0.25, 0.3) is 23.6 Å². The van der Waals surface area contributed by atoms with Gasteiger partial charge < -0.3 is 30.3 Å². The van der Waals surface area contributed by atoms with Gasteiger partial charge in [-0.15, -0.1) is 5.10 Å². The molecule has 0 fully saturated rings. The van der Waals surface area contributed by atoms with E-state index in [0.717, 1.165) is 5.56 Å². The molecule has 4 N–H and O–H groups in total. The number of nitrogens with one attached hydrogen (secondary N) is 4. The normalized spacial score (nSPS) is 13.5. The van der Waals surface area contributed by atoms with Gasteiger partial charge in [0.1, 0.15) is 24.2 Å². The van der Waals surface area contributed by atoms with Crippen molar-refractivity contribution in [3.05, 3.63) is 71.3 Å². The number of fused-ring (bicyclic) bond motifs is 1. The molecule has 4 rings (SSSR count). The summed E-state index contributed by atoms with van der Waals surface area (Å²) in [7, 11) is 1.63. The van der Waals surface area contributed by atoms with Gasteiger partial charge in [0.2, 0.25) is 5.82 Å². The molecule has 1 aromatic heterocycles. The number of aromatic nitrogens is 3. The van der Waals surface area contributed by atoms with Gasteiger partial charge in [0, 0.05) is 38.0 Å². The van der Waals surface area contributed by atoms with E-state index in [-0.39, 0.29) is 37.4 Å². The molecule has 0 bridgehead atoms. The first kappa shape index (κ1) is 31.3. The van der Waals surface area contributed by atoms with Crippen molar-refractivity contribution in [2.45, 2.75) is 19.4 Å². The predicted molar refractivity (Wildman–Crippen MR) is 159 cm³/mol. The molecule has 44 heavy (non-hydrogen) atoms. The number of carbonyl (C=O) groups excluding carboxylic acids is 4. The lowest BCUT2D eigenvalue weighted by molar-refractivity contribution is -0.120. The molecule has 1 aliphatic heterocycles. The summed E-state index contributed by atoms with van der Waals surface area (Å²) in [5, 5.41) is 14.6. The van der Waals surface area contributed by atoms with Crippen molar-refractivity contribution in [3.63, 3.8) is 0 Å². The average Bonchev–Trinajstić information content (AvgIpc) is 3.46. The Morgan fingerprint density at radius 2 is 1.75 bits per heavy atom. The number of anilines is 1. The largest absolute Gasteiger partial charge is 0.489 e. The monoisotopic (exact) mass is 597 g/mol. The highest BCUT2D eigenvalue weighted by atomic mass is 16.5. The van der Waals surface area contributed by atoms with Crippen LogP contribution in [0.25, 0.3) is 0 Å². The number of H-pyrrole nitrogens is 1. The van der Waals surface area contributed by atoms with Crippen LogP contribution in [0, 0.1) is 23.7 Å². The maximum Gasteiger partial charge on any atom is 0.296 e. The van der Waals surface area contributed by atoms with Gasteiger partial charge in [-0.1, -0.05) is 36.1 Å². The van der Waals surface area contributed by atoms with Crippen LogP contribution in [0.1, 0.15) is 34.5 Å². The van der Waals surface area contributed by atoms with Crippen molar-refractivity contribution in [3.8, 4) is 29.4 Å². The van der Waals surface area contributed by atoms with E-state index in [9.17, 15) is 19.2 Å². The Balaban J connectivity index is 1.20. The number of likely N-dealkylation sites (N-methyl/N-ethyl adjacent to an activating group) is 1. The topological polar surface area (TPSA) is 168 Å². The van der Waals surface area contributed by atoms with E-state index in [1.807, 2.05) is 18.2 Å². The quantitative estimate of drug-likeness (QED) is 0.190. The summed E-state index contributed by atoms with van der Waals surface area (Å²) in [6.45, 7) is 2.75. The number of hydrogen-bond acceptors (Lipinski definition) is 8. The van der Waals surface area contributed by atoms with Crippen molar-refractivity contribution >= 4 is 29.3 Å². The second-order valence-electron chi connectivity index (χ2n) is 9.43. The van der Waals surface area contributed by atoms with E-state index in [2.05, 4.69) is 54.8 Å². The molecule has 1 aliphatic rings. The Morgan fingerprint density at radius 3 is 2.48 bits per heavy atom. The van der Waals surface area contributed by atoms with E-state index in [1.54, 1.807) is 44.3 Å². The lowest BCUT2D eigenvalue weighted by Crippen LogP contribution is -2.49. The Bertz CT molecular complexity index is 1630. The van der Waals surface area contributed by atoms with Crippen LogP contribution >= 0.6 is 0 Å². The maximum absolute atomic E-state index is 12.9. The van der Waals surface area contributed by atoms with E-state index < -0.39 is 17.9 Å². The number of benzene rings is 2. The molecule has 226 valence electrons. The summed E-state index contributed by atoms with van der Waals surface area (Å²) in [5.41, 5.74) is 2.14. The summed E-state index contributed by atoms with van der Waals surface area (Å²) in [6.07, 6.45) is 0.369. The van der Waals surface area contributed by atoms with Gasteiger partial charge in [-0.2, -0.15) is 0 Å². The SMILES string of the molecule is CC#CC(=O)NCCOCCNC(=O)C#Cc1ccc(Cc2nc(C(=O)N[C@H]3COc4ccccc4N(C)C3=O)n[nH]2)cc1. The minimum Gasteiger partial charge on any atom is -0.489 e.